The number of aliphatic hydroxyl groups excluding tert-OH is 1. The number of hydrogen-bond acceptors (Lipinski definition) is 4. The van der Waals surface area contributed by atoms with E-state index in [1.165, 1.54) is 0 Å². The van der Waals surface area contributed by atoms with Crippen molar-refractivity contribution in [1.82, 2.24) is 20.4 Å². The molecule has 0 aromatic carbocycles. The van der Waals surface area contributed by atoms with E-state index >= 15 is 0 Å². The number of hydrogen-bond donors (Lipinski definition) is 3. The maximum atomic E-state index is 12.2. The number of piperidine rings is 1. The molecule has 3 N–H and O–H groups in total. The van der Waals surface area contributed by atoms with E-state index in [1.807, 2.05) is 33.3 Å². The van der Waals surface area contributed by atoms with Gasteiger partial charge in [0.05, 0.1) is 24.0 Å². The number of aromatic nitrogens is 2. The Morgan fingerprint density at radius 2 is 2.35 bits per heavy atom. The molecule has 2 rings (SSSR count). The van der Waals surface area contributed by atoms with E-state index in [1.54, 1.807) is 4.68 Å². The highest BCUT2D eigenvalue weighted by Crippen LogP contribution is 2.19. The second-order valence-corrected chi connectivity index (χ2v) is 6.72. The molecule has 0 radical (unpaired) electrons. The van der Waals surface area contributed by atoms with E-state index in [2.05, 4.69) is 20.6 Å². The largest absolute Gasteiger partial charge is 0.394 e. The van der Waals surface area contributed by atoms with Crippen molar-refractivity contribution in [2.24, 2.45) is 7.05 Å². The summed E-state index contributed by atoms with van der Waals surface area (Å²) in [5.74, 6) is 0. The fourth-order valence-corrected chi connectivity index (χ4v) is 3.13. The van der Waals surface area contributed by atoms with Crippen LogP contribution >= 0.6 is 0 Å². The lowest BCUT2D eigenvalue weighted by Crippen LogP contribution is -2.56. The van der Waals surface area contributed by atoms with Crippen molar-refractivity contribution in [3.8, 4) is 0 Å². The number of nitrogens with one attached hydrogen (secondary N) is 2. The van der Waals surface area contributed by atoms with Gasteiger partial charge in [-0.25, -0.2) is 4.79 Å². The highest BCUT2D eigenvalue weighted by Gasteiger charge is 2.27. The predicted molar refractivity (Wildman–Crippen MR) is 90.5 cm³/mol. The van der Waals surface area contributed by atoms with Crippen LogP contribution in [0.5, 0.6) is 0 Å². The van der Waals surface area contributed by atoms with Crippen LogP contribution in [0.2, 0.25) is 0 Å². The van der Waals surface area contributed by atoms with Gasteiger partial charge >= 0.3 is 6.03 Å². The van der Waals surface area contributed by atoms with E-state index < -0.39 is 5.54 Å². The van der Waals surface area contributed by atoms with E-state index in [-0.39, 0.29) is 18.7 Å². The quantitative estimate of drug-likeness (QED) is 0.735. The number of anilines is 1. The summed E-state index contributed by atoms with van der Waals surface area (Å²) in [5, 5.41) is 19.7. The molecule has 1 aliphatic rings. The maximum absolute atomic E-state index is 12.2. The van der Waals surface area contributed by atoms with Crippen LogP contribution in [0.25, 0.3) is 0 Å². The van der Waals surface area contributed by atoms with E-state index in [4.69, 9.17) is 0 Å². The van der Waals surface area contributed by atoms with Gasteiger partial charge in [0.15, 0.2) is 0 Å². The van der Waals surface area contributed by atoms with Crippen LogP contribution in [-0.2, 0) is 7.05 Å². The van der Waals surface area contributed by atoms with Gasteiger partial charge in [-0.3, -0.25) is 4.68 Å². The third kappa shape index (κ3) is 4.86. The van der Waals surface area contributed by atoms with Gasteiger partial charge in [0.1, 0.15) is 0 Å². The zero-order chi connectivity index (χ0) is 16.9. The van der Waals surface area contributed by atoms with Gasteiger partial charge in [0.25, 0.3) is 0 Å². The monoisotopic (exact) mass is 323 g/mol. The Balaban J connectivity index is 1.88. The predicted octanol–water partition coefficient (Wildman–Crippen LogP) is 1.24. The second kappa shape index (κ2) is 7.68. The first-order valence-electron chi connectivity index (χ1n) is 8.39. The first kappa shape index (κ1) is 17.6. The molecule has 0 aliphatic carbocycles. The van der Waals surface area contributed by atoms with Crippen molar-refractivity contribution in [2.45, 2.75) is 51.1 Å². The Labute approximate surface area is 138 Å². The van der Waals surface area contributed by atoms with Crippen LogP contribution in [0, 0.1) is 0 Å². The molecular weight excluding hydrogens is 294 g/mol. The minimum atomic E-state index is -0.559. The number of rotatable bonds is 6. The summed E-state index contributed by atoms with van der Waals surface area (Å²) in [6, 6.07) is -0.0958. The summed E-state index contributed by atoms with van der Waals surface area (Å²) in [6.45, 7) is 5.62. The topological polar surface area (TPSA) is 82.4 Å². The van der Waals surface area contributed by atoms with E-state index in [0.29, 0.717) is 0 Å². The summed E-state index contributed by atoms with van der Waals surface area (Å²) in [6.07, 6.45) is 7.51. The number of carbonyl (C=O) groups is 1. The standard InChI is InChI=1S/C16H29N5O2/c1-4-7-16(2,12-22)19-15(23)18-13-6-5-8-21(10-13)14-9-17-20(3)11-14/h9,11,13,22H,4-8,10,12H2,1-3H3,(H2,18,19,23). The molecule has 2 unspecified atom stereocenters. The van der Waals surface area contributed by atoms with Crippen molar-refractivity contribution in [3.63, 3.8) is 0 Å². The van der Waals surface area contributed by atoms with Gasteiger partial charge in [-0.2, -0.15) is 5.10 Å². The van der Waals surface area contributed by atoms with Crippen molar-refractivity contribution in [2.75, 3.05) is 24.6 Å². The fraction of sp³-hybridized carbons (Fsp3) is 0.750. The minimum Gasteiger partial charge on any atom is -0.394 e. The molecule has 0 bridgehead atoms. The normalized spacial score (nSPS) is 20.9. The van der Waals surface area contributed by atoms with Crippen molar-refractivity contribution in [3.05, 3.63) is 12.4 Å². The van der Waals surface area contributed by atoms with E-state index in [0.717, 1.165) is 44.5 Å². The molecule has 23 heavy (non-hydrogen) atoms. The van der Waals surface area contributed by atoms with Gasteiger partial charge in [-0.1, -0.05) is 13.3 Å². The Morgan fingerprint density at radius 1 is 1.57 bits per heavy atom. The maximum Gasteiger partial charge on any atom is 0.315 e. The third-order valence-electron chi connectivity index (χ3n) is 4.38. The molecule has 2 amide bonds. The molecule has 7 nitrogen and oxygen atoms in total. The van der Waals surface area contributed by atoms with Gasteiger partial charge < -0.3 is 20.6 Å². The Bertz CT molecular complexity index is 518. The second-order valence-electron chi connectivity index (χ2n) is 6.72. The number of nitrogens with zero attached hydrogens (tertiary/aromatic N) is 3. The van der Waals surface area contributed by atoms with Crippen LogP contribution in [0.1, 0.15) is 39.5 Å². The summed E-state index contributed by atoms with van der Waals surface area (Å²) < 4.78 is 1.79. The molecule has 1 aliphatic heterocycles. The lowest BCUT2D eigenvalue weighted by atomic mass is 9.97. The number of aliphatic hydroxyl groups is 1. The van der Waals surface area contributed by atoms with Crippen LogP contribution < -0.4 is 15.5 Å². The summed E-state index contributed by atoms with van der Waals surface area (Å²) in [5.41, 5.74) is 0.530. The van der Waals surface area contributed by atoms with E-state index in [9.17, 15) is 9.90 Å². The number of carbonyl (C=O) groups excluding carboxylic acids is 1. The summed E-state index contributed by atoms with van der Waals surface area (Å²) in [4.78, 5) is 14.5. The highest BCUT2D eigenvalue weighted by molar-refractivity contribution is 5.75. The molecule has 0 spiro atoms. The number of urea groups is 1. The van der Waals surface area contributed by atoms with Crippen molar-refractivity contribution < 1.29 is 9.90 Å². The Hall–Kier alpha value is -1.76. The number of amides is 2. The molecule has 130 valence electrons. The highest BCUT2D eigenvalue weighted by atomic mass is 16.3. The van der Waals surface area contributed by atoms with Crippen LogP contribution in [0.15, 0.2) is 12.4 Å². The van der Waals surface area contributed by atoms with Gasteiger partial charge in [-0.15, -0.1) is 0 Å². The fourth-order valence-electron chi connectivity index (χ4n) is 3.13. The molecule has 7 heteroatoms. The van der Waals surface area contributed by atoms with Crippen LogP contribution in [0.3, 0.4) is 0 Å². The van der Waals surface area contributed by atoms with Crippen LogP contribution in [-0.4, -0.2) is 52.2 Å². The zero-order valence-electron chi connectivity index (χ0n) is 14.4. The molecule has 1 aromatic rings. The summed E-state index contributed by atoms with van der Waals surface area (Å²) in [7, 11) is 1.90. The Morgan fingerprint density at radius 3 is 2.96 bits per heavy atom. The van der Waals surface area contributed by atoms with Gasteiger partial charge in [0, 0.05) is 32.4 Å². The first-order chi connectivity index (χ1) is 11.0. The van der Waals surface area contributed by atoms with Gasteiger partial charge in [-0.05, 0) is 26.2 Å². The first-order valence-corrected chi connectivity index (χ1v) is 8.39. The summed E-state index contributed by atoms with van der Waals surface area (Å²) >= 11 is 0. The molecule has 1 fully saturated rings. The SMILES string of the molecule is CCCC(C)(CO)NC(=O)NC1CCCN(c2cnn(C)c2)C1. The van der Waals surface area contributed by atoms with Crippen LogP contribution in [0.4, 0.5) is 10.5 Å². The third-order valence-corrected chi connectivity index (χ3v) is 4.38. The molecule has 2 heterocycles. The van der Waals surface area contributed by atoms with Crippen molar-refractivity contribution in [1.29, 1.82) is 0 Å². The lowest BCUT2D eigenvalue weighted by molar-refractivity contribution is 0.161. The Kier molecular flexibility index (Phi) is 5.87. The molecule has 0 saturated carbocycles. The average Bonchev–Trinajstić information content (AvgIpc) is 2.94. The molecular formula is C16H29N5O2. The smallest absolute Gasteiger partial charge is 0.315 e. The average molecular weight is 323 g/mol. The molecule has 2 atom stereocenters. The minimum absolute atomic E-state index is 0.0548. The lowest BCUT2D eigenvalue weighted by Gasteiger charge is -2.35. The molecule has 1 aromatic heterocycles. The number of aryl methyl sites for hydroxylation is 1. The molecule has 1 saturated heterocycles. The zero-order valence-corrected chi connectivity index (χ0v) is 14.4. The van der Waals surface area contributed by atoms with Gasteiger partial charge in [0.2, 0.25) is 0 Å². The van der Waals surface area contributed by atoms with Crippen molar-refractivity contribution >= 4 is 11.7 Å².